The molecule has 8 heteroatoms. The van der Waals surface area contributed by atoms with Crippen LogP contribution in [0.4, 0.5) is 0 Å². The van der Waals surface area contributed by atoms with E-state index in [1.165, 1.54) is 25.7 Å². The van der Waals surface area contributed by atoms with Crippen molar-refractivity contribution < 1.29 is 4.74 Å². The van der Waals surface area contributed by atoms with E-state index < -0.39 is 0 Å². The molecule has 0 saturated heterocycles. The van der Waals surface area contributed by atoms with Crippen LogP contribution in [0.25, 0.3) is 0 Å². The first-order chi connectivity index (χ1) is 11.2. The second-order valence-electron chi connectivity index (χ2n) is 6.54. The molecule has 1 spiro atoms. The van der Waals surface area contributed by atoms with Gasteiger partial charge in [-0.2, -0.15) is 5.10 Å². The van der Waals surface area contributed by atoms with Crippen molar-refractivity contribution in [1.29, 1.82) is 0 Å². The van der Waals surface area contributed by atoms with Crippen molar-refractivity contribution in [3.8, 4) is 0 Å². The Morgan fingerprint density at radius 3 is 2.79 bits per heavy atom. The topological polar surface area (TPSA) is 76.4 Å². The van der Waals surface area contributed by atoms with Crippen LogP contribution in [-0.4, -0.2) is 46.5 Å². The van der Waals surface area contributed by atoms with Gasteiger partial charge in [0.25, 0.3) is 0 Å². The van der Waals surface area contributed by atoms with Crippen LogP contribution in [0.3, 0.4) is 0 Å². The molecule has 2 aliphatic carbocycles. The number of aliphatic imine (C=N–C) groups is 1. The third-order valence-electron chi connectivity index (χ3n) is 5.44. The highest BCUT2D eigenvalue weighted by Gasteiger charge is 2.56. The lowest BCUT2D eigenvalue weighted by atomic mass is 9.60. The number of guanidine groups is 1. The summed E-state index contributed by atoms with van der Waals surface area (Å²) in [4.78, 5) is 8.59. The Morgan fingerprint density at radius 1 is 1.46 bits per heavy atom. The average Bonchev–Trinajstić information content (AvgIpc) is 3.20. The van der Waals surface area contributed by atoms with Crippen molar-refractivity contribution in [2.45, 2.75) is 57.7 Å². The predicted octanol–water partition coefficient (Wildman–Crippen LogP) is 1.84. The molecule has 0 bridgehead atoms. The Balaban J connectivity index is 0.00000208. The molecule has 2 N–H and O–H groups in total. The predicted molar refractivity (Wildman–Crippen MR) is 104 cm³/mol. The largest absolute Gasteiger partial charge is 0.378 e. The van der Waals surface area contributed by atoms with Crippen LogP contribution in [0.1, 0.15) is 44.9 Å². The van der Waals surface area contributed by atoms with E-state index in [0.29, 0.717) is 24.1 Å². The molecule has 3 rings (SSSR count). The fraction of sp³-hybridized carbons (Fsp3) is 0.812. The Morgan fingerprint density at radius 2 is 2.21 bits per heavy atom. The summed E-state index contributed by atoms with van der Waals surface area (Å²) in [5, 5.41) is 11.0. The SMILES string of the molecule is CCOC1CC(NC(=NC)NCc2ncnn2C)C12CCCC2.I. The summed E-state index contributed by atoms with van der Waals surface area (Å²) in [5.41, 5.74) is 0.304. The molecule has 2 saturated carbocycles. The van der Waals surface area contributed by atoms with Gasteiger partial charge < -0.3 is 15.4 Å². The van der Waals surface area contributed by atoms with Crippen molar-refractivity contribution in [2.24, 2.45) is 17.5 Å². The van der Waals surface area contributed by atoms with Crippen LogP contribution in [0, 0.1) is 5.41 Å². The minimum Gasteiger partial charge on any atom is -0.378 e. The smallest absolute Gasteiger partial charge is 0.191 e. The Hall–Kier alpha value is -0.900. The number of hydrogen-bond donors (Lipinski definition) is 2. The number of nitrogens with one attached hydrogen (secondary N) is 2. The molecule has 1 heterocycles. The van der Waals surface area contributed by atoms with Gasteiger partial charge in [-0.1, -0.05) is 12.8 Å². The number of aryl methyl sites for hydroxylation is 1. The molecule has 0 aliphatic heterocycles. The molecule has 0 aromatic carbocycles. The molecular weight excluding hydrogens is 419 g/mol. The van der Waals surface area contributed by atoms with E-state index in [1.807, 2.05) is 14.1 Å². The standard InChI is InChI=1S/C16H28N6O.HI/c1-4-23-13-9-12(16(13)7-5-6-8-16)21-15(17-2)18-10-14-19-11-20-22(14)3;/h11-13H,4-10H2,1-3H3,(H2,17,18,21);1H. The molecule has 2 unspecified atom stereocenters. The molecule has 136 valence electrons. The minimum atomic E-state index is 0. The average molecular weight is 448 g/mol. The number of ether oxygens (including phenoxy) is 1. The van der Waals surface area contributed by atoms with E-state index in [1.54, 1.807) is 11.0 Å². The van der Waals surface area contributed by atoms with Gasteiger partial charge in [-0.25, -0.2) is 4.98 Å². The maximum Gasteiger partial charge on any atom is 0.191 e. The number of rotatable bonds is 5. The third-order valence-corrected chi connectivity index (χ3v) is 5.44. The van der Waals surface area contributed by atoms with Crippen molar-refractivity contribution in [2.75, 3.05) is 13.7 Å². The van der Waals surface area contributed by atoms with Gasteiger partial charge in [-0.15, -0.1) is 24.0 Å². The summed E-state index contributed by atoms with van der Waals surface area (Å²) in [7, 11) is 3.71. The first kappa shape index (κ1) is 19.4. The number of nitrogens with zero attached hydrogens (tertiary/aromatic N) is 4. The molecule has 1 aromatic heterocycles. The van der Waals surface area contributed by atoms with Crippen LogP contribution < -0.4 is 10.6 Å². The van der Waals surface area contributed by atoms with Gasteiger partial charge in [0.15, 0.2) is 5.96 Å². The Kier molecular flexibility index (Phi) is 6.85. The van der Waals surface area contributed by atoms with Gasteiger partial charge in [0.05, 0.1) is 12.6 Å². The van der Waals surface area contributed by atoms with Crippen molar-refractivity contribution >= 4 is 29.9 Å². The highest BCUT2D eigenvalue weighted by atomic mass is 127. The van der Waals surface area contributed by atoms with E-state index in [0.717, 1.165) is 24.8 Å². The van der Waals surface area contributed by atoms with Crippen molar-refractivity contribution in [3.05, 3.63) is 12.2 Å². The summed E-state index contributed by atoms with van der Waals surface area (Å²) >= 11 is 0. The van der Waals surface area contributed by atoms with Crippen LogP contribution in [-0.2, 0) is 18.3 Å². The van der Waals surface area contributed by atoms with Gasteiger partial charge >= 0.3 is 0 Å². The summed E-state index contributed by atoms with van der Waals surface area (Å²) in [6.45, 7) is 3.51. The van der Waals surface area contributed by atoms with Gasteiger partial charge in [0.2, 0.25) is 0 Å². The summed E-state index contributed by atoms with van der Waals surface area (Å²) in [5.74, 6) is 1.73. The second-order valence-corrected chi connectivity index (χ2v) is 6.54. The summed E-state index contributed by atoms with van der Waals surface area (Å²) in [6.07, 6.45) is 8.19. The molecular formula is C16H29IN6O. The Labute approximate surface area is 161 Å². The fourth-order valence-electron chi connectivity index (χ4n) is 4.09. The molecule has 24 heavy (non-hydrogen) atoms. The molecule has 0 amide bonds. The maximum absolute atomic E-state index is 5.97. The highest BCUT2D eigenvalue weighted by molar-refractivity contribution is 14.0. The number of aromatic nitrogens is 3. The third kappa shape index (κ3) is 3.68. The van der Waals surface area contributed by atoms with E-state index in [2.05, 4.69) is 32.6 Å². The monoisotopic (exact) mass is 448 g/mol. The molecule has 1 aromatic rings. The van der Waals surface area contributed by atoms with E-state index in [4.69, 9.17) is 4.74 Å². The van der Waals surface area contributed by atoms with Crippen molar-refractivity contribution in [1.82, 2.24) is 25.4 Å². The Bertz CT molecular complexity index is 555. The highest BCUT2D eigenvalue weighted by Crippen LogP contribution is 2.54. The van der Waals surface area contributed by atoms with Gasteiger partial charge in [0.1, 0.15) is 12.2 Å². The van der Waals surface area contributed by atoms with Gasteiger partial charge in [-0.05, 0) is 26.2 Å². The molecule has 0 radical (unpaired) electrons. The lowest BCUT2D eigenvalue weighted by Gasteiger charge is -2.54. The fourth-order valence-corrected chi connectivity index (χ4v) is 4.09. The number of hydrogen-bond acceptors (Lipinski definition) is 4. The second kappa shape index (κ2) is 8.46. The maximum atomic E-state index is 5.97. The summed E-state index contributed by atoms with van der Waals surface area (Å²) in [6, 6.07) is 0.451. The van der Waals surface area contributed by atoms with Crippen LogP contribution in [0.5, 0.6) is 0 Å². The van der Waals surface area contributed by atoms with Gasteiger partial charge in [0, 0.05) is 32.2 Å². The molecule has 2 fully saturated rings. The lowest BCUT2D eigenvalue weighted by Crippen LogP contribution is -2.65. The molecule has 2 aliphatic rings. The number of halogens is 1. The molecule has 2 atom stereocenters. The van der Waals surface area contributed by atoms with E-state index in [-0.39, 0.29) is 24.0 Å². The van der Waals surface area contributed by atoms with E-state index >= 15 is 0 Å². The van der Waals surface area contributed by atoms with E-state index in [9.17, 15) is 0 Å². The van der Waals surface area contributed by atoms with Gasteiger partial charge in [-0.3, -0.25) is 9.67 Å². The van der Waals surface area contributed by atoms with Crippen LogP contribution >= 0.6 is 24.0 Å². The van der Waals surface area contributed by atoms with Crippen LogP contribution in [0.15, 0.2) is 11.3 Å². The van der Waals surface area contributed by atoms with Crippen LogP contribution in [0.2, 0.25) is 0 Å². The first-order valence-electron chi connectivity index (χ1n) is 8.61. The minimum absolute atomic E-state index is 0. The zero-order chi connectivity index (χ0) is 16.3. The quantitative estimate of drug-likeness (QED) is 0.409. The lowest BCUT2D eigenvalue weighted by molar-refractivity contribution is -0.125. The van der Waals surface area contributed by atoms with Crippen molar-refractivity contribution in [3.63, 3.8) is 0 Å². The zero-order valence-corrected chi connectivity index (χ0v) is 17.1. The summed E-state index contributed by atoms with van der Waals surface area (Å²) < 4.78 is 7.74. The first-order valence-corrected chi connectivity index (χ1v) is 8.61. The molecule has 7 nitrogen and oxygen atoms in total. The zero-order valence-electron chi connectivity index (χ0n) is 14.8. The normalized spacial score (nSPS) is 25.2.